The number of nitro groups is 2. The number of esters is 2. The minimum absolute atomic E-state index is 0.125. The van der Waals surface area contributed by atoms with Gasteiger partial charge in [-0.15, -0.1) is 0 Å². The molecule has 0 aliphatic carbocycles. The molecule has 4 amide bonds. The summed E-state index contributed by atoms with van der Waals surface area (Å²) in [6.07, 6.45) is 0. The highest BCUT2D eigenvalue weighted by Gasteiger charge is 2.40. The van der Waals surface area contributed by atoms with E-state index < -0.39 is 70.6 Å². The number of non-ortho nitro benzene ring substituents is 2. The van der Waals surface area contributed by atoms with Gasteiger partial charge in [0.1, 0.15) is 26.3 Å². The van der Waals surface area contributed by atoms with Crippen LogP contribution in [0.1, 0.15) is 25.0 Å². The van der Waals surface area contributed by atoms with E-state index in [0.717, 1.165) is 9.80 Å². The van der Waals surface area contributed by atoms with Gasteiger partial charge in [-0.25, -0.2) is 0 Å². The molecule has 0 spiro atoms. The van der Waals surface area contributed by atoms with E-state index in [-0.39, 0.29) is 50.8 Å². The van der Waals surface area contributed by atoms with Crippen LogP contribution in [0.15, 0.2) is 48.5 Å². The Hall–Kier alpha value is -5.62. The molecule has 0 radical (unpaired) electrons. The minimum Gasteiger partial charge on any atom is -0.459 e. The summed E-state index contributed by atoms with van der Waals surface area (Å²) in [5.74, 6) is -4.22. The smallest absolute Gasteiger partial charge is 0.326 e. The van der Waals surface area contributed by atoms with Crippen molar-refractivity contribution in [3.05, 3.63) is 79.9 Å². The quantitative estimate of drug-likeness (QED) is 0.122. The lowest BCUT2D eigenvalue weighted by molar-refractivity contribution is -0.385. The van der Waals surface area contributed by atoms with Crippen LogP contribution in [-0.4, -0.2) is 116 Å². The van der Waals surface area contributed by atoms with Gasteiger partial charge in [0.2, 0.25) is 23.6 Å². The number of piperazine rings is 2. The van der Waals surface area contributed by atoms with Crippen molar-refractivity contribution in [1.82, 2.24) is 19.6 Å². The van der Waals surface area contributed by atoms with Gasteiger partial charge >= 0.3 is 11.9 Å². The molecule has 18 heteroatoms. The monoisotopic (exact) mass is 668 g/mol. The molecule has 18 nitrogen and oxygen atoms in total. The molecular formula is C30H32N6O12. The molecule has 2 aliphatic rings. The van der Waals surface area contributed by atoms with E-state index in [4.69, 9.17) is 9.47 Å². The molecule has 0 saturated carbocycles. The number of carbonyl (C=O) groups is 6. The van der Waals surface area contributed by atoms with Crippen LogP contribution >= 0.6 is 0 Å². The molecule has 2 aromatic rings. The van der Waals surface area contributed by atoms with Crippen LogP contribution in [0.25, 0.3) is 0 Å². The number of hydrogen-bond donors (Lipinski definition) is 0. The van der Waals surface area contributed by atoms with E-state index in [0.29, 0.717) is 11.1 Å². The summed E-state index contributed by atoms with van der Waals surface area (Å²) in [5.41, 5.74) is 0.716. The molecule has 0 N–H and O–H groups in total. The number of carbonyl (C=O) groups excluding carboxylic acids is 6. The van der Waals surface area contributed by atoms with Crippen LogP contribution in [0.5, 0.6) is 0 Å². The highest BCUT2D eigenvalue weighted by atomic mass is 16.6. The number of benzene rings is 2. The molecule has 48 heavy (non-hydrogen) atoms. The van der Waals surface area contributed by atoms with Crippen LogP contribution < -0.4 is 0 Å². The number of ether oxygens (including phenoxy) is 2. The summed E-state index contributed by atoms with van der Waals surface area (Å²) in [5, 5.41) is 21.6. The molecule has 2 saturated heterocycles. The number of nitrogens with zero attached hydrogens (tertiary/aromatic N) is 6. The van der Waals surface area contributed by atoms with Crippen molar-refractivity contribution < 1.29 is 48.1 Å². The zero-order valence-corrected chi connectivity index (χ0v) is 26.0. The third kappa shape index (κ3) is 8.80. The summed E-state index contributed by atoms with van der Waals surface area (Å²) in [6.45, 7) is 0.985. The van der Waals surface area contributed by atoms with Gasteiger partial charge in [-0.05, 0) is 49.2 Å². The Labute approximate surface area is 273 Å². The minimum atomic E-state index is -0.838. The maximum atomic E-state index is 12.9. The fraction of sp³-hybridized carbons (Fsp3) is 0.400. The zero-order chi connectivity index (χ0) is 35.1. The predicted molar refractivity (Wildman–Crippen MR) is 161 cm³/mol. The Morgan fingerprint density at radius 2 is 0.917 bits per heavy atom. The second-order valence-corrected chi connectivity index (χ2v) is 11.2. The van der Waals surface area contributed by atoms with Gasteiger partial charge in [0, 0.05) is 36.3 Å². The summed E-state index contributed by atoms with van der Waals surface area (Å²) < 4.78 is 10.2. The van der Waals surface area contributed by atoms with Crippen molar-refractivity contribution in [2.75, 3.05) is 39.3 Å². The number of nitro benzene ring substituents is 2. The lowest BCUT2D eigenvalue weighted by Crippen LogP contribution is -2.63. The molecule has 2 aromatic carbocycles. The number of rotatable bonds is 13. The first-order valence-corrected chi connectivity index (χ1v) is 14.7. The molecule has 2 heterocycles. The van der Waals surface area contributed by atoms with Crippen molar-refractivity contribution in [3.63, 3.8) is 0 Å². The second-order valence-electron chi connectivity index (χ2n) is 11.2. The van der Waals surface area contributed by atoms with Crippen LogP contribution in [0.2, 0.25) is 0 Å². The Balaban J connectivity index is 1.23. The Bertz CT molecular complexity index is 1460. The SMILES string of the molecule is CC(C(C)N1CC(=O)N(CC(=O)OCc2ccc([N+](=O)[O-])cc2)C(=O)C1)N1CC(=O)N(CC(=O)OCc2ccc([N+](=O)[O-])cc2)C(=O)C1. The van der Waals surface area contributed by atoms with Gasteiger partial charge in [0.15, 0.2) is 0 Å². The number of imide groups is 2. The van der Waals surface area contributed by atoms with Gasteiger partial charge in [-0.2, -0.15) is 0 Å². The van der Waals surface area contributed by atoms with E-state index in [2.05, 4.69) is 0 Å². The van der Waals surface area contributed by atoms with Crippen LogP contribution in [-0.2, 0) is 51.5 Å². The first kappa shape index (κ1) is 35.2. The van der Waals surface area contributed by atoms with E-state index >= 15 is 0 Å². The molecule has 0 aromatic heterocycles. The van der Waals surface area contributed by atoms with E-state index in [1.807, 2.05) is 0 Å². The molecule has 4 rings (SSSR count). The number of amides is 4. The van der Waals surface area contributed by atoms with E-state index in [9.17, 15) is 49.0 Å². The largest absolute Gasteiger partial charge is 0.459 e. The topological polar surface area (TPSA) is 220 Å². The fourth-order valence-electron chi connectivity index (χ4n) is 5.07. The first-order valence-electron chi connectivity index (χ1n) is 14.7. The normalized spacial score (nSPS) is 17.2. The highest BCUT2D eigenvalue weighted by Crippen LogP contribution is 2.19. The van der Waals surface area contributed by atoms with Crippen molar-refractivity contribution in [3.8, 4) is 0 Å². The van der Waals surface area contributed by atoms with E-state index in [1.54, 1.807) is 23.6 Å². The maximum absolute atomic E-state index is 12.9. The van der Waals surface area contributed by atoms with Crippen molar-refractivity contribution >= 4 is 46.9 Å². The average molecular weight is 669 g/mol. The Morgan fingerprint density at radius 3 is 1.19 bits per heavy atom. The molecule has 2 aliphatic heterocycles. The Kier molecular flexibility index (Phi) is 11.2. The van der Waals surface area contributed by atoms with Gasteiger partial charge in [0.25, 0.3) is 11.4 Å². The van der Waals surface area contributed by atoms with Crippen molar-refractivity contribution in [2.45, 2.75) is 39.1 Å². The summed E-state index contributed by atoms with van der Waals surface area (Å²) in [6, 6.07) is 9.76. The second kappa shape index (κ2) is 15.3. The van der Waals surface area contributed by atoms with Crippen molar-refractivity contribution in [2.24, 2.45) is 0 Å². The van der Waals surface area contributed by atoms with Crippen molar-refractivity contribution in [1.29, 1.82) is 0 Å². The summed E-state index contributed by atoms with van der Waals surface area (Å²) in [7, 11) is 0. The summed E-state index contributed by atoms with van der Waals surface area (Å²) in [4.78, 5) is 101. The molecule has 2 atom stereocenters. The zero-order valence-electron chi connectivity index (χ0n) is 26.0. The third-order valence-electron chi connectivity index (χ3n) is 8.08. The lowest BCUT2D eigenvalue weighted by Gasteiger charge is -2.43. The van der Waals surface area contributed by atoms with Gasteiger partial charge < -0.3 is 9.47 Å². The number of hydrogen-bond acceptors (Lipinski definition) is 14. The highest BCUT2D eigenvalue weighted by molar-refractivity contribution is 6.02. The fourth-order valence-corrected chi connectivity index (χ4v) is 5.07. The lowest BCUT2D eigenvalue weighted by atomic mass is 10.1. The molecule has 2 unspecified atom stereocenters. The third-order valence-corrected chi connectivity index (χ3v) is 8.08. The maximum Gasteiger partial charge on any atom is 0.326 e. The van der Waals surface area contributed by atoms with Crippen LogP contribution in [0.3, 0.4) is 0 Å². The molecular weight excluding hydrogens is 636 g/mol. The standard InChI is InChI=1S/C30H32N6O12/c1-19(31-11-25(37)33(26(38)12-31)15-29(41)47-17-21-3-7-23(8-4-21)35(43)44)20(2)32-13-27(39)34(28(40)14-32)16-30(42)48-18-22-5-9-24(10-6-22)36(45)46/h3-10,19-20H,11-18H2,1-2H3. The Morgan fingerprint density at radius 1 is 0.625 bits per heavy atom. The molecule has 2 fully saturated rings. The van der Waals surface area contributed by atoms with Gasteiger partial charge in [-0.3, -0.25) is 68.6 Å². The average Bonchev–Trinajstić information content (AvgIpc) is 3.05. The van der Waals surface area contributed by atoms with E-state index in [1.165, 1.54) is 48.5 Å². The first-order chi connectivity index (χ1) is 22.7. The van der Waals surface area contributed by atoms with Crippen LogP contribution in [0, 0.1) is 20.2 Å². The molecule has 254 valence electrons. The molecule has 0 bridgehead atoms. The van der Waals surface area contributed by atoms with Gasteiger partial charge in [0.05, 0.1) is 36.0 Å². The predicted octanol–water partition coefficient (Wildman–Crippen LogP) is 0.408. The van der Waals surface area contributed by atoms with Crippen LogP contribution in [0.4, 0.5) is 11.4 Å². The van der Waals surface area contributed by atoms with Gasteiger partial charge in [-0.1, -0.05) is 0 Å². The summed E-state index contributed by atoms with van der Waals surface area (Å²) >= 11 is 0.